The van der Waals surface area contributed by atoms with Crippen LogP contribution in [0.15, 0.2) is 24.3 Å². The minimum atomic E-state index is -0.455. The summed E-state index contributed by atoms with van der Waals surface area (Å²) < 4.78 is 5.10. The third kappa shape index (κ3) is 3.82. The average Bonchev–Trinajstić information content (AvgIpc) is 3.18. The van der Waals surface area contributed by atoms with Crippen molar-refractivity contribution in [2.75, 3.05) is 37.4 Å². The molecule has 0 spiro atoms. The van der Waals surface area contributed by atoms with Crippen molar-refractivity contribution in [2.45, 2.75) is 6.42 Å². The number of imide groups is 1. The van der Waals surface area contributed by atoms with E-state index in [9.17, 15) is 19.2 Å². The highest BCUT2D eigenvalue weighted by Gasteiger charge is 2.35. The molecular weight excluding hydrogens is 358 g/mol. The van der Waals surface area contributed by atoms with Gasteiger partial charge < -0.3 is 15.0 Å². The minimum absolute atomic E-state index is 0.114. The molecule has 1 N–H and O–H groups in total. The van der Waals surface area contributed by atoms with Crippen molar-refractivity contribution in [3.8, 4) is 5.75 Å². The van der Waals surface area contributed by atoms with Gasteiger partial charge in [-0.05, 0) is 24.3 Å². The molecule has 3 rings (SSSR count). The maximum absolute atomic E-state index is 12.3. The highest BCUT2D eigenvalue weighted by molar-refractivity contribution is 8.14. The van der Waals surface area contributed by atoms with Gasteiger partial charge in [-0.2, -0.15) is 0 Å². The van der Waals surface area contributed by atoms with Crippen LogP contribution < -0.4 is 15.0 Å². The number of anilines is 1. The van der Waals surface area contributed by atoms with Crippen molar-refractivity contribution < 1.29 is 23.9 Å². The monoisotopic (exact) mass is 377 g/mol. The molecule has 9 heteroatoms. The summed E-state index contributed by atoms with van der Waals surface area (Å²) in [6, 6.07) is 7.08. The summed E-state index contributed by atoms with van der Waals surface area (Å²) in [5, 5.41) is 2.42. The third-order valence-corrected chi connectivity index (χ3v) is 5.21. The largest absolute Gasteiger partial charge is 0.497 e. The molecule has 26 heavy (non-hydrogen) atoms. The third-order valence-electron chi connectivity index (χ3n) is 4.36. The van der Waals surface area contributed by atoms with Crippen molar-refractivity contribution in [1.82, 2.24) is 10.2 Å². The van der Waals surface area contributed by atoms with E-state index in [1.165, 1.54) is 0 Å². The summed E-state index contributed by atoms with van der Waals surface area (Å²) in [7, 11) is 1.57. The number of ether oxygens (including phenoxy) is 1. The number of nitrogens with zero attached hydrogens (tertiary/aromatic N) is 2. The quantitative estimate of drug-likeness (QED) is 0.790. The highest BCUT2D eigenvalue weighted by atomic mass is 32.2. The Bertz CT molecular complexity index is 720. The van der Waals surface area contributed by atoms with E-state index in [4.69, 9.17) is 4.74 Å². The maximum Gasteiger partial charge on any atom is 0.288 e. The van der Waals surface area contributed by atoms with Gasteiger partial charge in [0.2, 0.25) is 17.7 Å². The van der Waals surface area contributed by atoms with Crippen molar-refractivity contribution in [3.05, 3.63) is 24.3 Å². The van der Waals surface area contributed by atoms with Crippen molar-refractivity contribution in [1.29, 1.82) is 0 Å². The number of nitrogens with one attached hydrogen (secondary N) is 1. The Hall–Kier alpha value is -2.55. The summed E-state index contributed by atoms with van der Waals surface area (Å²) >= 11 is 0.963. The molecule has 2 fully saturated rings. The van der Waals surface area contributed by atoms with Crippen molar-refractivity contribution >= 4 is 40.4 Å². The fourth-order valence-electron chi connectivity index (χ4n) is 2.93. The standard InChI is InChI=1S/C17H19N3O5S/c1-25-13-4-2-12(3-5-13)20-9-11(8-14(20)21)16(23)18-6-7-19-15(22)10-26-17(19)24/h2-5,11H,6-10H2,1H3,(H,18,23). The summed E-state index contributed by atoms with van der Waals surface area (Å²) in [6.45, 7) is 0.637. The molecule has 0 aromatic heterocycles. The normalized spacial score (nSPS) is 20.0. The van der Waals surface area contributed by atoms with Crippen LogP contribution in [0.2, 0.25) is 0 Å². The number of carbonyl (C=O) groups is 4. The first-order chi connectivity index (χ1) is 12.5. The van der Waals surface area contributed by atoms with Crippen LogP contribution in [0.1, 0.15) is 6.42 Å². The first-order valence-corrected chi connectivity index (χ1v) is 9.17. The first kappa shape index (κ1) is 18.2. The lowest BCUT2D eigenvalue weighted by Crippen LogP contribution is -2.40. The van der Waals surface area contributed by atoms with Gasteiger partial charge in [0.25, 0.3) is 5.24 Å². The average molecular weight is 377 g/mol. The molecule has 2 aliphatic rings. The summed E-state index contributed by atoms with van der Waals surface area (Å²) in [5.74, 6) is -0.211. The van der Waals surface area contributed by atoms with Gasteiger partial charge in [-0.3, -0.25) is 24.1 Å². The van der Waals surface area contributed by atoms with Crippen LogP contribution in [0.4, 0.5) is 10.5 Å². The zero-order valence-corrected chi connectivity index (χ0v) is 15.1. The van der Waals surface area contributed by atoms with Gasteiger partial charge in [0, 0.05) is 31.7 Å². The molecule has 2 saturated heterocycles. The highest BCUT2D eigenvalue weighted by Crippen LogP contribution is 2.27. The molecule has 0 bridgehead atoms. The molecule has 0 aliphatic carbocycles. The molecule has 1 aromatic carbocycles. The smallest absolute Gasteiger partial charge is 0.288 e. The lowest BCUT2D eigenvalue weighted by Gasteiger charge is -2.17. The number of hydrogen-bond acceptors (Lipinski definition) is 6. The van der Waals surface area contributed by atoms with E-state index >= 15 is 0 Å². The fraction of sp³-hybridized carbons (Fsp3) is 0.412. The Morgan fingerprint density at radius 3 is 2.58 bits per heavy atom. The minimum Gasteiger partial charge on any atom is -0.497 e. The predicted octanol–water partition coefficient (Wildman–Crippen LogP) is 0.860. The molecule has 0 saturated carbocycles. The van der Waals surface area contributed by atoms with Gasteiger partial charge in [0.15, 0.2) is 0 Å². The molecule has 138 valence electrons. The SMILES string of the molecule is COc1ccc(N2CC(C(=O)NCCN3C(=O)CSC3=O)CC2=O)cc1. The molecule has 1 aromatic rings. The Morgan fingerprint density at radius 2 is 1.96 bits per heavy atom. The Morgan fingerprint density at radius 1 is 1.23 bits per heavy atom. The lowest BCUT2D eigenvalue weighted by molar-refractivity contribution is -0.127. The molecule has 0 radical (unpaired) electrons. The fourth-order valence-corrected chi connectivity index (χ4v) is 3.68. The Kier molecular flexibility index (Phi) is 5.46. The number of methoxy groups -OCH3 is 1. The molecular formula is C17H19N3O5S. The zero-order valence-electron chi connectivity index (χ0n) is 14.3. The Balaban J connectivity index is 1.51. The van der Waals surface area contributed by atoms with E-state index in [1.54, 1.807) is 36.3 Å². The van der Waals surface area contributed by atoms with Crippen molar-refractivity contribution in [3.63, 3.8) is 0 Å². The van der Waals surface area contributed by atoms with Crippen LogP contribution in [0.3, 0.4) is 0 Å². The van der Waals surface area contributed by atoms with Crippen molar-refractivity contribution in [2.24, 2.45) is 5.92 Å². The number of carbonyl (C=O) groups excluding carboxylic acids is 4. The summed E-state index contributed by atoms with van der Waals surface area (Å²) in [6.07, 6.45) is 0.134. The summed E-state index contributed by atoms with van der Waals surface area (Å²) in [4.78, 5) is 50.3. The molecule has 8 nitrogen and oxygen atoms in total. The van der Waals surface area contributed by atoms with Crippen LogP contribution in [0.25, 0.3) is 0 Å². The second-order valence-electron chi connectivity index (χ2n) is 5.99. The molecule has 2 heterocycles. The van der Waals surface area contributed by atoms with Gasteiger partial charge in [0.1, 0.15) is 5.75 Å². The van der Waals surface area contributed by atoms with Crippen LogP contribution in [-0.4, -0.2) is 60.4 Å². The Labute approximate surface area is 154 Å². The van der Waals surface area contributed by atoms with E-state index in [1.807, 2.05) is 0 Å². The molecule has 1 atom stereocenters. The second-order valence-corrected chi connectivity index (χ2v) is 6.92. The number of amides is 4. The van der Waals surface area contributed by atoms with Crippen LogP contribution >= 0.6 is 11.8 Å². The van der Waals surface area contributed by atoms with Crippen LogP contribution in [-0.2, 0) is 14.4 Å². The number of benzene rings is 1. The van der Waals surface area contributed by atoms with E-state index in [2.05, 4.69) is 5.32 Å². The zero-order chi connectivity index (χ0) is 18.7. The van der Waals surface area contributed by atoms with E-state index in [0.29, 0.717) is 12.3 Å². The van der Waals surface area contributed by atoms with Crippen LogP contribution in [0.5, 0.6) is 5.75 Å². The van der Waals surface area contributed by atoms with E-state index < -0.39 is 5.92 Å². The topological polar surface area (TPSA) is 96.0 Å². The van der Waals surface area contributed by atoms with E-state index in [-0.39, 0.29) is 48.2 Å². The first-order valence-electron chi connectivity index (χ1n) is 8.19. The molecule has 4 amide bonds. The number of thioether (sulfide) groups is 1. The number of rotatable bonds is 6. The van der Waals surface area contributed by atoms with E-state index in [0.717, 1.165) is 22.3 Å². The summed E-state index contributed by atoms with van der Waals surface area (Å²) in [5.41, 5.74) is 0.719. The van der Waals surface area contributed by atoms with Crippen LogP contribution in [0, 0.1) is 5.92 Å². The lowest BCUT2D eigenvalue weighted by atomic mass is 10.1. The molecule has 1 unspecified atom stereocenters. The predicted molar refractivity (Wildman–Crippen MR) is 96.0 cm³/mol. The van der Waals surface area contributed by atoms with Gasteiger partial charge >= 0.3 is 0 Å². The van der Waals surface area contributed by atoms with Gasteiger partial charge in [0.05, 0.1) is 18.8 Å². The maximum atomic E-state index is 12.3. The van der Waals surface area contributed by atoms with Gasteiger partial charge in [-0.1, -0.05) is 11.8 Å². The van der Waals surface area contributed by atoms with Gasteiger partial charge in [-0.15, -0.1) is 0 Å². The number of hydrogen-bond donors (Lipinski definition) is 1. The molecule has 2 aliphatic heterocycles. The van der Waals surface area contributed by atoms with Gasteiger partial charge in [-0.25, -0.2) is 0 Å². The second kappa shape index (κ2) is 7.77.